The van der Waals surface area contributed by atoms with Crippen molar-refractivity contribution in [3.05, 3.63) is 42.2 Å². The van der Waals surface area contributed by atoms with Crippen LogP contribution in [-0.4, -0.2) is 73.5 Å². The Kier molecular flexibility index (Phi) is 5.67. The average molecular weight is 424 g/mol. The van der Waals surface area contributed by atoms with Crippen molar-refractivity contribution in [3.63, 3.8) is 0 Å². The van der Waals surface area contributed by atoms with Gasteiger partial charge in [0.15, 0.2) is 0 Å². The number of benzene rings is 1. The van der Waals surface area contributed by atoms with E-state index in [1.54, 1.807) is 4.68 Å². The van der Waals surface area contributed by atoms with Crippen LogP contribution in [0.1, 0.15) is 31.2 Å². The van der Waals surface area contributed by atoms with E-state index in [9.17, 15) is 9.59 Å². The highest BCUT2D eigenvalue weighted by atomic mass is 16.2. The van der Waals surface area contributed by atoms with Gasteiger partial charge in [-0.15, -0.1) is 5.10 Å². The predicted molar refractivity (Wildman–Crippen MR) is 112 cm³/mol. The summed E-state index contributed by atoms with van der Waals surface area (Å²) < 4.78 is 1.59. The molecule has 3 saturated heterocycles. The summed E-state index contributed by atoms with van der Waals surface area (Å²) in [6, 6.07) is 10.3. The standard InChI is InChI=1S/C22H29N7O2/c30-20-8-4-7-19-17-11-18(14-27(13-17)12-16-5-2-1-3-6-16)21(29(19)20)22(31)23-9-10-28-15-24-25-26-28/h1-3,5-6,15,17-19,21H,4,7-14H2,(H,23,31)/t17-,18+,19-,21+/m0/s1. The summed E-state index contributed by atoms with van der Waals surface area (Å²) in [5, 5.41) is 14.1. The Labute approximate surface area is 181 Å². The zero-order valence-electron chi connectivity index (χ0n) is 17.6. The van der Waals surface area contributed by atoms with Crippen molar-refractivity contribution in [1.82, 2.24) is 35.3 Å². The third kappa shape index (κ3) is 4.19. The molecular weight excluding hydrogens is 394 g/mol. The van der Waals surface area contributed by atoms with Crippen molar-refractivity contribution in [2.75, 3.05) is 19.6 Å². The Morgan fingerprint density at radius 1 is 1.16 bits per heavy atom. The van der Waals surface area contributed by atoms with Crippen molar-refractivity contribution in [2.45, 2.75) is 50.9 Å². The molecule has 1 N–H and O–H groups in total. The minimum atomic E-state index is -0.388. The fourth-order valence-electron chi connectivity index (χ4n) is 5.74. The lowest BCUT2D eigenvalue weighted by molar-refractivity contribution is -0.160. The number of hydrogen-bond acceptors (Lipinski definition) is 6. The molecule has 0 saturated carbocycles. The first-order valence-electron chi connectivity index (χ1n) is 11.2. The first-order chi connectivity index (χ1) is 15.2. The van der Waals surface area contributed by atoms with E-state index in [-0.39, 0.29) is 29.8 Å². The molecule has 0 unspecified atom stereocenters. The predicted octanol–water partition coefficient (Wildman–Crippen LogP) is 0.691. The van der Waals surface area contributed by atoms with Crippen molar-refractivity contribution < 1.29 is 9.59 Å². The molecule has 5 rings (SSSR count). The van der Waals surface area contributed by atoms with Crippen LogP contribution in [-0.2, 0) is 22.7 Å². The summed E-state index contributed by atoms with van der Waals surface area (Å²) in [5.74, 6) is 0.701. The van der Waals surface area contributed by atoms with E-state index >= 15 is 0 Å². The minimum Gasteiger partial charge on any atom is -0.352 e. The average Bonchev–Trinajstić information content (AvgIpc) is 3.29. The smallest absolute Gasteiger partial charge is 0.243 e. The van der Waals surface area contributed by atoms with Gasteiger partial charge in [0, 0.05) is 44.6 Å². The Morgan fingerprint density at radius 2 is 2.00 bits per heavy atom. The lowest BCUT2D eigenvalue weighted by Crippen LogP contribution is -2.68. The first-order valence-corrected chi connectivity index (χ1v) is 11.2. The van der Waals surface area contributed by atoms with Crippen LogP contribution in [0.25, 0.3) is 0 Å². The van der Waals surface area contributed by atoms with Gasteiger partial charge in [-0.1, -0.05) is 30.3 Å². The normalized spacial score (nSPS) is 28.3. The zero-order valence-corrected chi connectivity index (χ0v) is 17.6. The van der Waals surface area contributed by atoms with Crippen LogP contribution in [0.3, 0.4) is 0 Å². The van der Waals surface area contributed by atoms with Crippen LogP contribution in [0.15, 0.2) is 36.7 Å². The molecule has 2 amide bonds. The van der Waals surface area contributed by atoms with Gasteiger partial charge in [-0.05, 0) is 41.2 Å². The minimum absolute atomic E-state index is 0.0432. The van der Waals surface area contributed by atoms with Crippen LogP contribution in [0.2, 0.25) is 0 Å². The van der Waals surface area contributed by atoms with Crippen molar-refractivity contribution in [3.8, 4) is 0 Å². The van der Waals surface area contributed by atoms with Gasteiger partial charge in [-0.3, -0.25) is 14.5 Å². The van der Waals surface area contributed by atoms with E-state index in [2.05, 4.69) is 50.0 Å². The molecule has 0 aliphatic carbocycles. The molecule has 164 valence electrons. The second kappa shape index (κ2) is 8.74. The second-order valence-corrected chi connectivity index (χ2v) is 9.00. The maximum absolute atomic E-state index is 13.3. The highest BCUT2D eigenvalue weighted by molar-refractivity contribution is 5.89. The van der Waals surface area contributed by atoms with Crippen LogP contribution in [0, 0.1) is 11.8 Å². The van der Waals surface area contributed by atoms with Crippen LogP contribution < -0.4 is 5.32 Å². The fourth-order valence-corrected chi connectivity index (χ4v) is 5.74. The van der Waals surface area contributed by atoms with Gasteiger partial charge in [0.05, 0.1) is 6.54 Å². The number of carbonyl (C=O) groups is 2. The third-order valence-electron chi connectivity index (χ3n) is 6.97. The number of aromatic nitrogens is 4. The SMILES string of the molecule is O=C(NCCn1cnnn1)[C@H]1[C@@H]2C[C@@H](CN(Cc3ccccc3)C2)[C@@H]2CCCC(=O)N21. The number of piperidine rings is 3. The Morgan fingerprint density at radius 3 is 2.81 bits per heavy atom. The lowest BCUT2D eigenvalue weighted by atomic mass is 9.71. The molecule has 9 nitrogen and oxygen atoms in total. The zero-order chi connectivity index (χ0) is 21.2. The Balaban J connectivity index is 1.32. The Hall–Kier alpha value is -2.81. The molecule has 0 radical (unpaired) electrons. The van der Waals surface area contributed by atoms with E-state index in [1.165, 1.54) is 11.9 Å². The van der Waals surface area contributed by atoms with Gasteiger partial charge in [0.2, 0.25) is 11.8 Å². The third-order valence-corrected chi connectivity index (χ3v) is 6.97. The number of hydrogen-bond donors (Lipinski definition) is 1. The molecule has 1 aromatic carbocycles. The second-order valence-electron chi connectivity index (χ2n) is 9.00. The Bertz CT molecular complexity index is 904. The number of rotatable bonds is 6. The molecule has 2 aromatic rings. The summed E-state index contributed by atoms with van der Waals surface area (Å²) in [7, 11) is 0. The molecular formula is C22H29N7O2. The molecule has 1 aromatic heterocycles. The molecule has 4 atom stereocenters. The van der Waals surface area contributed by atoms with Crippen molar-refractivity contribution in [2.24, 2.45) is 11.8 Å². The highest BCUT2D eigenvalue weighted by Gasteiger charge is 2.51. The van der Waals surface area contributed by atoms with Crippen LogP contribution in [0.4, 0.5) is 0 Å². The summed E-state index contributed by atoms with van der Waals surface area (Å²) in [4.78, 5) is 30.6. The van der Waals surface area contributed by atoms with Crippen molar-refractivity contribution in [1.29, 1.82) is 0 Å². The molecule has 3 aliphatic rings. The number of fused-ring (bicyclic) bond motifs is 4. The van der Waals surface area contributed by atoms with Gasteiger partial charge in [0.1, 0.15) is 12.4 Å². The molecule has 3 aliphatic heterocycles. The molecule has 3 fully saturated rings. The summed E-state index contributed by atoms with van der Waals surface area (Å²) in [6.45, 7) is 3.68. The number of nitrogens with zero attached hydrogens (tertiary/aromatic N) is 6. The molecule has 4 heterocycles. The molecule has 9 heteroatoms. The van der Waals surface area contributed by atoms with E-state index < -0.39 is 0 Å². The first kappa shape index (κ1) is 20.1. The largest absolute Gasteiger partial charge is 0.352 e. The van der Waals surface area contributed by atoms with E-state index in [0.29, 0.717) is 25.4 Å². The monoisotopic (exact) mass is 423 g/mol. The summed E-state index contributed by atoms with van der Waals surface area (Å²) >= 11 is 0. The fraction of sp³-hybridized carbons (Fsp3) is 0.591. The molecule has 0 spiro atoms. The lowest BCUT2D eigenvalue weighted by Gasteiger charge is -2.56. The van der Waals surface area contributed by atoms with E-state index in [4.69, 9.17) is 0 Å². The number of carbonyl (C=O) groups excluding carboxylic acids is 2. The topological polar surface area (TPSA) is 96.2 Å². The van der Waals surface area contributed by atoms with Crippen LogP contribution in [0.5, 0.6) is 0 Å². The van der Waals surface area contributed by atoms with Gasteiger partial charge in [0.25, 0.3) is 0 Å². The quantitative estimate of drug-likeness (QED) is 0.735. The van der Waals surface area contributed by atoms with Crippen LogP contribution >= 0.6 is 0 Å². The molecule has 31 heavy (non-hydrogen) atoms. The highest BCUT2D eigenvalue weighted by Crippen LogP contribution is 2.42. The summed E-state index contributed by atoms with van der Waals surface area (Å²) in [6.07, 6.45) is 5.03. The van der Waals surface area contributed by atoms with Gasteiger partial charge < -0.3 is 10.2 Å². The van der Waals surface area contributed by atoms with Crippen molar-refractivity contribution >= 4 is 11.8 Å². The molecule has 2 bridgehead atoms. The van der Waals surface area contributed by atoms with Gasteiger partial charge >= 0.3 is 0 Å². The summed E-state index contributed by atoms with van der Waals surface area (Å²) in [5.41, 5.74) is 1.29. The van der Waals surface area contributed by atoms with E-state index in [0.717, 1.165) is 38.9 Å². The number of nitrogens with one attached hydrogen (secondary N) is 1. The maximum atomic E-state index is 13.3. The van der Waals surface area contributed by atoms with Gasteiger partial charge in [-0.25, -0.2) is 4.68 Å². The number of tetrazole rings is 1. The van der Waals surface area contributed by atoms with Gasteiger partial charge in [-0.2, -0.15) is 0 Å². The number of likely N-dealkylation sites (tertiary alicyclic amines) is 1. The number of amides is 2. The maximum Gasteiger partial charge on any atom is 0.243 e. The van der Waals surface area contributed by atoms with E-state index in [1.807, 2.05) is 11.0 Å².